The summed E-state index contributed by atoms with van der Waals surface area (Å²) >= 11 is 1.13. The molecule has 2 aromatic heterocycles. The van der Waals surface area contributed by atoms with Crippen molar-refractivity contribution >= 4 is 41.9 Å². The minimum absolute atomic E-state index is 0.143. The van der Waals surface area contributed by atoms with E-state index in [9.17, 15) is 16.8 Å². The van der Waals surface area contributed by atoms with Gasteiger partial charge in [0.2, 0.25) is 0 Å². The normalized spacial score (nSPS) is 22.4. The van der Waals surface area contributed by atoms with E-state index in [0.717, 1.165) is 27.8 Å². The topological polar surface area (TPSA) is 96.1 Å². The molecule has 144 valence electrons. The van der Waals surface area contributed by atoms with Crippen molar-refractivity contribution in [1.29, 1.82) is 0 Å². The van der Waals surface area contributed by atoms with Crippen molar-refractivity contribution in [1.82, 2.24) is 10.3 Å². The van der Waals surface area contributed by atoms with Crippen molar-refractivity contribution in [2.45, 2.75) is 21.9 Å². The Hall–Kier alpha value is -1.68. The molecule has 9 heteroatoms. The first-order valence-electron chi connectivity index (χ1n) is 8.63. The Morgan fingerprint density at radius 1 is 1.15 bits per heavy atom. The molecule has 0 unspecified atom stereocenters. The summed E-state index contributed by atoms with van der Waals surface area (Å²) in [5, 5.41) is 5.07. The molecule has 1 aromatic carbocycles. The average molecular weight is 425 g/mol. The lowest BCUT2D eigenvalue weighted by Gasteiger charge is -2.19. The smallest absolute Gasteiger partial charge is 0.193 e. The van der Waals surface area contributed by atoms with Gasteiger partial charge >= 0.3 is 0 Å². The number of fused-ring (bicyclic) bond motifs is 1. The van der Waals surface area contributed by atoms with E-state index in [4.69, 9.17) is 0 Å². The fourth-order valence-electron chi connectivity index (χ4n) is 3.62. The van der Waals surface area contributed by atoms with Gasteiger partial charge in [0.25, 0.3) is 0 Å². The monoisotopic (exact) mass is 424 g/mol. The highest BCUT2D eigenvalue weighted by molar-refractivity contribution is 7.97. The second-order valence-corrected chi connectivity index (χ2v) is 12.3. The molecule has 4 rings (SSSR count). The number of sulfone groups is 2. The van der Waals surface area contributed by atoms with E-state index in [1.165, 1.54) is 6.07 Å². The predicted molar refractivity (Wildman–Crippen MR) is 108 cm³/mol. The van der Waals surface area contributed by atoms with Crippen molar-refractivity contribution in [2.24, 2.45) is 0 Å². The average Bonchev–Trinajstić information content (AvgIpc) is 3.34. The molecule has 2 atom stereocenters. The molecule has 0 aliphatic carbocycles. The number of nitrogens with one attached hydrogen (secondary N) is 2. The number of rotatable bonds is 6. The van der Waals surface area contributed by atoms with Gasteiger partial charge in [0.05, 0.1) is 16.8 Å². The van der Waals surface area contributed by atoms with E-state index in [-0.39, 0.29) is 15.7 Å². The van der Waals surface area contributed by atoms with Crippen LogP contribution in [-0.4, -0.2) is 51.2 Å². The summed E-state index contributed by atoms with van der Waals surface area (Å²) in [6, 6.07) is 10.6. The van der Waals surface area contributed by atoms with Gasteiger partial charge in [-0.05, 0) is 36.0 Å². The van der Waals surface area contributed by atoms with Crippen LogP contribution in [0.4, 0.5) is 0 Å². The van der Waals surface area contributed by atoms with E-state index in [1.54, 1.807) is 11.4 Å². The van der Waals surface area contributed by atoms with Gasteiger partial charge in [-0.2, -0.15) is 0 Å². The molecule has 1 saturated heterocycles. The van der Waals surface area contributed by atoms with Crippen LogP contribution in [-0.2, 0) is 26.1 Å². The molecule has 0 saturated carbocycles. The number of benzene rings is 1. The van der Waals surface area contributed by atoms with Crippen molar-refractivity contribution in [2.75, 3.05) is 18.1 Å². The Morgan fingerprint density at radius 3 is 2.74 bits per heavy atom. The molecule has 1 aliphatic heterocycles. The summed E-state index contributed by atoms with van der Waals surface area (Å²) < 4.78 is 50.2. The zero-order chi connectivity index (χ0) is 19.1. The van der Waals surface area contributed by atoms with E-state index < -0.39 is 31.0 Å². The van der Waals surface area contributed by atoms with Crippen LogP contribution in [0.15, 0.2) is 52.2 Å². The Labute approximate surface area is 162 Å². The van der Waals surface area contributed by atoms with E-state index in [0.29, 0.717) is 13.0 Å². The number of hydrogen-bond acceptors (Lipinski definition) is 6. The molecule has 1 aliphatic rings. The third-order valence-electron chi connectivity index (χ3n) is 4.95. The summed E-state index contributed by atoms with van der Waals surface area (Å²) in [7, 11) is -7.04. The van der Waals surface area contributed by atoms with Crippen LogP contribution in [0.25, 0.3) is 10.9 Å². The molecule has 0 spiro atoms. The van der Waals surface area contributed by atoms with Crippen LogP contribution in [0.2, 0.25) is 0 Å². The Bertz CT molecular complexity index is 1150. The molecule has 0 amide bonds. The van der Waals surface area contributed by atoms with Crippen LogP contribution < -0.4 is 5.32 Å². The minimum atomic E-state index is -3.66. The number of aromatic amines is 1. The standard InChI is InChI=1S/C18H20N2O4S3/c21-26(22)11-16(17(12-26)27(23,24)18-6-3-9-25-18)19-8-7-13-10-20-15-5-2-1-4-14(13)15/h1-6,9-10,16-17,19-20H,7-8,11-12H2/t16-,17-/m0/s1. The SMILES string of the molecule is O=S1(=O)C[C@H](NCCc2c[nH]c3ccccc23)[C@@H](S(=O)(=O)c2cccs2)C1. The Morgan fingerprint density at radius 2 is 1.96 bits per heavy atom. The fourth-order valence-corrected chi connectivity index (χ4v) is 9.56. The van der Waals surface area contributed by atoms with Gasteiger partial charge in [0.15, 0.2) is 19.7 Å². The highest BCUT2D eigenvalue weighted by Gasteiger charge is 2.45. The van der Waals surface area contributed by atoms with E-state index >= 15 is 0 Å². The molecular formula is C18H20N2O4S3. The largest absolute Gasteiger partial charge is 0.361 e. The molecule has 27 heavy (non-hydrogen) atoms. The van der Waals surface area contributed by atoms with E-state index in [1.807, 2.05) is 30.5 Å². The van der Waals surface area contributed by atoms with Gasteiger partial charge in [-0.15, -0.1) is 11.3 Å². The van der Waals surface area contributed by atoms with Gasteiger partial charge < -0.3 is 10.3 Å². The van der Waals surface area contributed by atoms with Crippen molar-refractivity contribution in [3.05, 3.63) is 53.5 Å². The number of hydrogen-bond donors (Lipinski definition) is 2. The molecule has 3 heterocycles. The second-order valence-electron chi connectivity index (χ2n) is 6.76. The summed E-state index contributed by atoms with van der Waals surface area (Å²) in [4.78, 5) is 3.21. The molecule has 6 nitrogen and oxygen atoms in total. The Balaban J connectivity index is 1.50. The zero-order valence-corrected chi connectivity index (χ0v) is 16.9. The third-order valence-corrected chi connectivity index (χ3v) is 10.5. The molecule has 0 radical (unpaired) electrons. The molecule has 1 fully saturated rings. The van der Waals surface area contributed by atoms with Gasteiger partial charge in [0, 0.05) is 23.1 Å². The van der Waals surface area contributed by atoms with Gasteiger partial charge in [0.1, 0.15) is 4.21 Å². The molecule has 0 bridgehead atoms. The number of para-hydroxylation sites is 1. The maximum absolute atomic E-state index is 12.9. The maximum Gasteiger partial charge on any atom is 0.193 e. The lowest BCUT2D eigenvalue weighted by molar-refractivity contribution is 0.530. The van der Waals surface area contributed by atoms with Gasteiger partial charge in [-0.25, -0.2) is 16.8 Å². The lowest BCUT2D eigenvalue weighted by atomic mass is 10.1. The molecular weight excluding hydrogens is 404 g/mol. The highest BCUT2D eigenvalue weighted by Crippen LogP contribution is 2.28. The van der Waals surface area contributed by atoms with E-state index in [2.05, 4.69) is 10.3 Å². The number of aromatic nitrogens is 1. The van der Waals surface area contributed by atoms with Crippen molar-refractivity contribution in [3.8, 4) is 0 Å². The van der Waals surface area contributed by atoms with Crippen LogP contribution in [0, 0.1) is 0 Å². The first kappa shape index (κ1) is 18.7. The summed E-state index contributed by atoms with van der Waals surface area (Å²) in [6.07, 6.45) is 2.63. The second kappa shape index (κ2) is 7.05. The van der Waals surface area contributed by atoms with Gasteiger partial charge in [-0.1, -0.05) is 24.3 Å². The molecule has 2 N–H and O–H groups in total. The fraction of sp³-hybridized carbons (Fsp3) is 0.333. The predicted octanol–water partition coefficient (Wildman–Crippen LogP) is 2.00. The molecule has 3 aromatic rings. The van der Waals surface area contributed by atoms with Crippen molar-refractivity contribution in [3.63, 3.8) is 0 Å². The lowest BCUT2D eigenvalue weighted by Crippen LogP contribution is -2.43. The summed E-state index contributed by atoms with van der Waals surface area (Å²) in [6.45, 7) is 0.512. The third kappa shape index (κ3) is 3.69. The zero-order valence-electron chi connectivity index (χ0n) is 14.5. The first-order chi connectivity index (χ1) is 12.9. The summed E-state index contributed by atoms with van der Waals surface area (Å²) in [5.41, 5.74) is 2.17. The highest BCUT2D eigenvalue weighted by atomic mass is 32.2. The first-order valence-corrected chi connectivity index (χ1v) is 12.9. The van der Waals surface area contributed by atoms with Crippen molar-refractivity contribution < 1.29 is 16.8 Å². The van der Waals surface area contributed by atoms with Crippen LogP contribution in [0.5, 0.6) is 0 Å². The maximum atomic E-state index is 12.9. The van der Waals surface area contributed by atoms with Crippen LogP contribution in [0.1, 0.15) is 5.56 Å². The minimum Gasteiger partial charge on any atom is -0.361 e. The van der Waals surface area contributed by atoms with Gasteiger partial charge in [-0.3, -0.25) is 0 Å². The van der Waals surface area contributed by atoms with Crippen LogP contribution in [0.3, 0.4) is 0 Å². The Kier molecular flexibility index (Phi) is 4.87. The number of thiophene rings is 1. The summed E-state index contributed by atoms with van der Waals surface area (Å²) in [5.74, 6) is -0.464. The quantitative estimate of drug-likeness (QED) is 0.631. The number of H-pyrrole nitrogens is 1. The van der Waals surface area contributed by atoms with Crippen LogP contribution >= 0.6 is 11.3 Å².